The Bertz CT molecular complexity index is 406. The number of aromatic nitrogens is 2. The number of hydrogen-bond acceptors (Lipinski definition) is 1. The number of hydrogen-bond donors (Lipinski definition) is 0. The Morgan fingerprint density at radius 3 is 3.08 bits per heavy atom. The van der Waals surface area contributed by atoms with Crippen molar-refractivity contribution in [3.8, 4) is 0 Å². The highest BCUT2D eigenvalue weighted by molar-refractivity contribution is 5.75. The zero-order valence-corrected chi connectivity index (χ0v) is 6.79. The highest BCUT2D eigenvalue weighted by Gasteiger charge is 2.04. The zero-order valence-electron chi connectivity index (χ0n) is 6.79. The van der Waals surface area contributed by atoms with Crippen molar-refractivity contribution < 1.29 is 4.39 Å². The summed E-state index contributed by atoms with van der Waals surface area (Å²) in [5.41, 5.74) is 1.32. The molecule has 1 aromatic carbocycles. The first-order valence-corrected chi connectivity index (χ1v) is 3.92. The number of aryl methyl sites for hydroxylation is 1. The normalized spacial score (nSPS) is 10.8. The van der Waals surface area contributed by atoms with Crippen LogP contribution in [0.4, 0.5) is 4.39 Å². The number of para-hydroxylation sites is 1. The van der Waals surface area contributed by atoms with Gasteiger partial charge in [-0.15, -0.1) is 0 Å². The minimum absolute atomic E-state index is 0.202. The van der Waals surface area contributed by atoms with Crippen molar-refractivity contribution in [2.75, 3.05) is 0 Å². The molecule has 0 aliphatic carbocycles. The molecule has 0 spiro atoms. The Hall–Kier alpha value is -1.38. The molecule has 0 fully saturated rings. The van der Waals surface area contributed by atoms with E-state index in [1.807, 2.05) is 13.0 Å². The molecule has 0 unspecified atom stereocenters. The molecule has 2 rings (SSSR count). The van der Waals surface area contributed by atoms with Crippen LogP contribution < -0.4 is 0 Å². The number of benzene rings is 1. The summed E-state index contributed by atoms with van der Waals surface area (Å²) in [6, 6.07) is 4.94. The SMILES string of the molecule is CCn1cnc2cccc(F)c21. The second-order valence-electron chi connectivity index (χ2n) is 2.64. The molecule has 2 nitrogen and oxygen atoms in total. The third-order valence-electron chi connectivity index (χ3n) is 1.93. The van der Waals surface area contributed by atoms with E-state index in [0.29, 0.717) is 5.52 Å². The average Bonchev–Trinajstić information content (AvgIpc) is 2.49. The number of rotatable bonds is 1. The van der Waals surface area contributed by atoms with Gasteiger partial charge in [0.25, 0.3) is 0 Å². The highest BCUT2D eigenvalue weighted by Crippen LogP contribution is 2.15. The van der Waals surface area contributed by atoms with E-state index in [0.717, 1.165) is 12.1 Å². The molecule has 12 heavy (non-hydrogen) atoms. The quantitative estimate of drug-likeness (QED) is 0.631. The molecule has 0 aliphatic heterocycles. The van der Waals surface area contributed by atoms with Crippen molar-refractivity contribution in [2.24, 2.45) is 0 Å². The molecular weight excluding hydrogens is 155 g/mol. The Morgan fingerprint density at radius 2 is 2.33 bits per heavy atom. The van der Waals surface area contributed by atoms with Crippen LogP contribution in [-0.2, 0) is 6.54 Å². The van der Waals surface area contributed by atoms with Crippen LogP contribution in [0.15, 0.2) is 24.5 Å². The molecule has 0 bridgehead atoms. The number of nitrogens with zero attached hydrogens (tertiary/aromatic N) is 2. The maximum atomic E-state index is 13.2. The first-order valence-electron chi connectivity index (χ1n) is 3.92. The average molecular weight is 164 g/mol. The van der Waals surface area contributed by atoms with Crippen LogP contribution in [0.1, 0.15) is 6.92 Å². The Balaban J connectivity index is 2.83. The fourth-order valence-corrected chi connectivity index (χ4v) is 1.32. The summed E-state index contributed by atoms with van der Waals surface area (Å²) in [5, 5.41) is 0. The van der Waals surface area contributed by atoms with Crippen LogP contribution in [0.5, 0.6) is 0 Å². The van der Waals surface area contributed by atoms with E-state index in [1.165, 1.54) is 6.07 Å². The predicted octanol–water partition coefficient (Wildman–Crippen LogP) is 2.20. The lowest BCUT2D eigenvalue weighted by Crippen LogP contribution is -1.92. The number of halogens is 1. The second-order valence-corrected chi connectivity index (χ2v) is 2.64. The lowest BCUT2D eigenvalue weighted by atomic mass is 10.3. The van der Waals surface area contributed by atoms with Gasteiger partial charge < -0.3 is 4.57 Å². The van der Waals surface area contributed by atoms with E-state index in [9.17, 15) is 4.39 Å². The van der Waals surface area contributed by atoms with Gasteiger partial charge in [-0.25, -0.2) is 9.37 Å². The smallest absolute Gasteiger partial charge is 0.149 e. The minimum Gasteiger partial charge on any atom is -0.328 e. The fraction of sp³-hybridized carbons (Fsp3) is 0.222. The van der Waals surface area contributed by atoms with E-state index in [-0.39, 0.29) is 5.82 Å². The van der Waals surface area contributed by atoms with Crippen LogP contribution in [0, 0.1) is 5.82 Å². The Morgan fingerprint density at radius 1 is 1.50 bits per heavy atom. The van der Waals surface area contributed by atoms with E-state index in [4.69, 9.17) is 0 Å². The van der Waals surface area contributed by atoms with Crippen LogP contribution in [0.25, 0.3) is 11.0 Å². The third-order valence-corrected chi connectivity index (χ3v) is 1.93. The molecule has 0 aliphatic rings. The summed E-state index contributed by atoms with van der Waals surface area (Å²) in [6.07, 6.45) is 1.66. The van der Waals surface area contributed by atoms with Gasteiger partial charge in [-0.05, 0) is 19.1 Å². The number of fused-ring (bicyclic) bond motifs is 1. The molecule has 0 saturated carbocycles. The molecule has 1 aromatic heterocycles. The third kappa shape index (κ3) is 0.897. The first kappa shape index (κ1) is 7.28. The van der Waals surface area contributed by atoms with Crippen LogP contribution in [0.3, 0.4) is 0 Å². The van der Waals surface area contributed by atoms with Gasteiger partial charge in [-0.2, -0.15) is 0 Å². The van der Waals surface area contributed by atoms with Crippen molar-refractivity contribution in [2.45, 2.75) is 13.5 Å². The van der Waals surface area contributed by atoms with E-state index in [2.05, 4.69) is 4.98 Å². The molecular formula is C9H9FN2. The van der Waals surface area contributed by atoms with Gasteiger partial charge in [0.05, 0.1) is 11.8 Å². The van der Waals surface area contributed by atoms with Crippen LogP contribution in [-0.4, -0.2) is 9.55 Å². The number of imidazole rings is 1. The summed E-state index contributed by atoms with van der Waals surface area (Å²) in [7, 11) is 0. The van der Waals surface area contributed by atoms with Gasteiger partial charge in [0.15, 0.2) is 0 Å². The minimum atomic E-state index is -0.202. The summed E-state index contributed by atoms with van der Waals surface area (Å²) in [5.74, 6) is -0.202. The van der Waals surface area contributed by atoms with E-state index >= 15 is 0 Å². The summed E-state index contributed by atoms with van der Waals surface area (Å²) in [4.78, 5) is 4.07. The van der Waals surface area contributed by atoms with Gasteiger partial charge in [0, 0.05) is 6.54 Å². The molecule has 3 heteroatoms. The molecule has 62 valence electrons. The van der Waals surface area contributed by atoms with Crippen molar-refractivity contribution in [3.05, 3.63) is 30.3 Å². The van der Waals surface area contributed by atoms with Crippen molar-refractivity contribution in [1.29, 1.82) is 0 Å². The fourth-order valence-electron chi connectivity index (χ4n) is 1.32. The zero-order chi connectivity index (χ0) is 8.55. The molecule has 0 amide bonds. The van der Waals surface area contributed by atoms with Crippen molar-refractivity contribution >= 4 is 11.0 Å². The lowest BCUT2D eigenvalue weighted by molar-refractivity contribution is 0.626. The maximum absolute atomic E-state index is 13.2. The largest absolute Gasteiger partial charge is 0.328 e. The molecule has 0 radical (unpaired) electrons. The summed E-state index contributed by atoms with van der Waals surface area (Å²) >= 11 is 0. The molecule has 0 saturated heterocycles. The topological polar surface area (TPSA) is 17.8 Å². The Kier molecular flexibility index (Phi) is 1.57. The highest BCUT2D eigenvalue weighted by atomic mass is 19.1. The standard InChI is InChI=1S/C9H9FN2/c1-2-12-6-11-8-5-3-4-7(10)9(8)12/h3-6H,2H2,1H3. The van der Waals surface area contributed by atoms with Crippen molar-refractivity contribution in [1.82, 2.24) is 9.55 Å². The first-order chi connectivity index (χ1) is 5.83. The van der Waals surface area contributed by atoms with Gasteiger partial charge in [-0.3, -0.25) is 0 Å². The van der Waals surface area contributed by atoms with Crippen LogP contribution in [0.2, 0.25) is 0 Å². The van der Waals surface area contributed by atoms with Gasteiger partial charge in [0.2, 0.25) is 0 Å². The van der Waals surface area contributed by atoms with Gasteiger partial charge in [-0.1, -0.05) is 6.07 Å². The van der Waals surface area contributed by atoms with E-state index < -0.39 is 0 Å². The molecule has 0 atom stereocenters. The molecule has 2 aromatic rings. The Labute approximate surface area is 69.6 Å². The van der Waals surface area contributed by atoms with Crippen LogP contribution >= 0.6 is 0 Å². The molecule has 0 N–H and O–H groups in total. The lowest BCUT2D eigenvalue weighted by Gasteiger charge is -1.98. The summed E-state index contributed by atoms with van der Waals surface area (Å²) < 4.78 is 15.0. The predicted molar refractivity (Wildman–Crippen MR) is 45.4 cm³/mol. The monoisotopic (exact) mass is 164 g/mol. The van der Waals surface area contributed by atoms with E-state index in [1.54, 1.807) is 17.0 Å². The second kappa shape index (κ2) is 2.59. The summed E-state index contributed by atoms with van der Waals surface area (Å²) in [6.45, 7) is 2.71. The van der Waals surface area contributed by atoms with Gasteiger partial charge >= 0.3 is 0 Å². The molecule has 1 heterocycles. The van der Waals surface area contributed by atoms with Crippen molar-refractivity contribution in [3.63, 3.8) is 0 Å². The maximum Gasteiger partial charge on any atom is 0.149 e. The van der Waals surface area contributed by atoms with Gasteiger partial charge in [0.1, 0.15) is 11.3 Å².